The third kappa shape index (κ3) is 2.54. The van der Waals surface area contributed by atoms with E-state index in [0.29, 0.717) is 11.3 Å². The maximum absolute atomic E-state index is 12.0. The average molecular weight is 265 g/mol. The van der Waals surface area contributed by atoms with Crippen LogP contribution in [0.4, 0.5) is 5.69 Å². The Morgan fingerprint density at radius 2 is 1.65 bits per heavy atom. The highest BCUT2D eigenvalue weighted by Crippen LogP contribution is 2.11. The van der Waals surface area contributed by atoms with Gasteiger partial charge in [0.25, 0.3) is 5.91 Å². The smallest absolute Gasteiger partial charge is 0.255 e. The summed E-state index contributed by atoms with van der Waals surface area (Å²) in [5.41, 5.74) is 2.06. The second-order valence-electron chi connectivity index (χ2n) is 4.07. The van der Waals surface area contributed by atoms with Gasteiger partial charge in [-0.15, -0.1) is 0 Å². The molecule has 20 heavy (non-hydrogen) atoms. The van der Waals surface area contributed by atoms with Crippen molar-refractivity contribution in [2.75, 3.05) is 5.32 Å². The SMILES string of the molecule is O=C(Nc1cnn(-c2ccncc2)c1)c1ccncc1. The first-order chi connectivity index (χ1) is 9.83. The maximum atomic E-state index is 12.0. The second kappa shape index (κ2) is 5.31. The Labute approximate surface area is 115 Å². The lowest BCUT2D eigenvalue weighted by Crippen LogP contribution is -2.11. The van der Waals surface area contributed by atoms with Gasteiger partial charge in [0.05, 0.1) is 23.8 Å². The van der Waals surface area contributed by atoms with Crippen LogP contribution in [-0.4, -0.2) is 25.7 Å². The van der Waals surface area contributed by atoms with E-state index in [2.05, 4.69) is 20.4 Å². The van der Waals surface area contributed by atoms with Crippen molar-refractivity contribution in [3.8, 4) is 5.69 Å². The number of nitrogens with one attached hydrogen (secondary N) is 1. The number of rotatable bonds is 3. The van der Waals surface area contributed by atoms with E-state index in [1.165, 1.54) is 0 Å². The zero-order valence-corrected chi connectivity index (χ0v) is 10.5. The number of hydrogen-bond acceptors (Lipinski definition) is 4. The summed E-state index contributed by atoms with van der Waals surface area (Å²) in [5.74, 6) is -0.193. The van der Waals surface area contributed by atoms with Crippen molar-refractivity contribution in [3.05, 3.63) is 67.0 Å². The summed E-state index contributed by atoms with van der Waals surface area (Å²) >= 11 is 0. The molecule has 0 aliphatic rings. The number of carbonyl (C=O) groups is 1. The first-order valence-corrected chi connectivity index (χ1v) is 5.99. The van der Waals surface area contributed by atoms with Crippen LogP contribution in [0.1, 0.15) is 10.4 Å². The van der Waals surface area contributed by atoms with Crippen LogP contribution in [0.2, 0.25) is 0 Å². The Kier molecular flexibility index (Phi) is 3.20. The summed E-state index contributed by atoms with van der Waals surface area (Å²) < 4.78 is 1.67. The van der Waals surface area contributed by atoms with Crippen LogP contribution in [0.15, 0.2) is 61.4 Å². The molecule has 0 spiro atoms. The van der Waals surface area contributed by atoms with Gasteiger partial charge >= 0.3 is 0 Å². The predicted octanol–water partition coefficient (Wildman–Crippen LogP) is 1.91. The average Bonchev–Trinajstić information content (AvgIpc) is 2.97. The van der Waals surface area contributed by atoms with Crippen molar-refractivity contribution in [2.24, 2.45) is 0 Å². The van der Waals surface area contributed by atoms with E-state index in [9.17, 15) is 4.79 Å². The van der Waals surface area contributed by atoms with Gasteiger partial charge in [-0.05, 0) is 24.3 Å². The molecule has 0 aliphatic heterocycles. The van der Waals surface area contributed by atoms with E-state index < -0.39 is 0 Å². The molecule has 3 heterocycles. The predicted molar refractivity (Wildman–Crippen MR) is 73.5 cm³/mol. The first-order valence-electron chi connectivity index (χ1n) is 5.99. The van der Waals surface area contributed by atoms with Gasteiger partial charge in [0.2, 0.25) is 0 Å². The van der Waals surface area contributed by atoms with Gasteiger partial charge in [0.1, 0.15) is 0 Å². The molecule has 0 bridgehead atoms. The minimum Gasteiger partial charge on any atom is -0.319 e. The van der Waals surface area contributed by atoms with Gasteiger partial charge in [-0.2, -0.15) is 5.10 Å². The van der Waals surface area contributed by atoms with E-state index in [4.69, 9.17) is 0 Å². The summed E-state index contributed by atoms with van der Waals surface area (Å²) in [7, 11) is 0. The molecule has 0 aromatic carbocycles. The zero-order valence-electron chi connectivity index (χ0n) is 10.5. The van der Waals surface area contributed by atoms with Crippen molar-refractivity contribution in [2.45, 2.75) is 0 Å². The number of carbonyl (C=O) groups excluding carboxylic acids is 1. The molecule has 6 heteroatoms. The van der Waals surface area contributed by atoms with Gasteiger partial charge in [-0.1, -0.05) is 0 Å². The van der Waals surface area contributed by atoms with Gasteiger partial charge in [0.15, 0.2) is 0 Å². The zero-order chi connectivity index (χ0) is 13.8. The Morgan fingerprint density at radius 3 is 2.35 bits per heavy atom. The molecule has 3 rings (SSSR count). The summed E-state index contributed by atoms with van der Waals surface area (Å²) in [6.07, 6.45) is 9.87. The minimum absolute atomic E-state index is 0.193. The normalized spacial score (nSPS) is 10.2. The van der Waals surface area contributed by atoms with Crippen molar-refractivity contribution in [1.29, 1.82) is 0 Å². The molecule has 0 atom stereocenters. The fourth-order valence-electron chi connectivity index (χ4n) is 1.73. The van der Waals surface area contributed by atoms with Crippen molar-refractivity contribution in [1.82, 2.24) is 19.7 Å². The quantitative estimate of drug-likeness (QED) is 0.785. The van der Waals surface area contributed by atoms with Crippen LogP contribution in [0, 0.1) is 0 Å². The number of pyridine rings is 2. The molecule has 0 saturated carbocycles. The van der Waals surface area contributed by atoms with Gasteiger partial charge in [-0.3, -0.25) is 14.8 Å². The van der Waals surface area contributed by atoms with Crippen LogP contribution in [0.5, 0.6) is 0 Å². The topological polar surface area (TPSA) is 72.7 Å². The molecule has 1 N–H and O–H groups in total. The molecular weight excluding hydrogens is 254 g/mol. The first kappa shape index (κ1) is 12.0. The Bertz CT molecular complexity index is 709. The van der Waals surface area contributed by atoms with Crippen LogP contribution in [-0.2, 0) is 0 Å². The number of anilines is 1. The van der Waals surface area contributed by atoms with Crippen LogP contribution >= 0.6 is 0 Å². The number of hydrogen-bond donors (Lipinski definition) is 1. The highest BCUT2D eigenvalue weighted by molar-refractivity contribution is 6.04. The summed E-state index contributed by atoms with van der Waals surface area (Å²) in [4.78, 5) is 19.8. The van der Waals surface area contributed by atoms with E-state index in [1.54, 1.807) is 54.0 Å². The number of amides is 1. The molecule has 6 nitrogen and oxygen atoms in total. The lowest BCUT2D eigenvalue weighted by molar-refractivity contribution is 0.102. The highest BCUT2D eigenvalue weighted by Gasteiger charge is 2.07. The summed E-state index contributed by atoms with van der Waals surface area (Å²) in [6, 6.07) is 6.98. The fourth-order valence-corrected chi connectivity index (χ4v) is 1.73. The van der Waals surface area contributed by atoms with E-state index in [1.807, 2.05) is 12.1 Å². The number of nitrogens with zero attached hydrogens (tertiary/aromatic N) is 4. The van der Waals surface area contributed by atoms with E-state index in [0.717, 1.165) is 5.69 Å². The minimum atomic E-state index is -0.193. The lowest BCUT2D eigenvalue weighted by Gasteiger charge is -2.01. The van der Waals surface area contributed by atoms with Crippen LogP contribution in [0.3, 0.4) is 0 Å². The van der Waals surface area contributed by atoms with E-state index >= 15 is 0 Å². The van der Waals surface area contributed by atoms with Gasteiger partial charge in [0, 0.05) is 30.4 Å². The molecule has 0 fully saturated rings. The van der Waals surface area contributed by atoms with Crippen molar-refractivity contribution in [3.63, 3.8) is 0 Å². The van der Waals surface area contributed by atoms with Crippen LogP contribution < -0.4 is 5.32 Å². The Morgan fingerprint density at radius 1 is 1.00 bits per heavy atom. The van der Waals surface area contributed by atoms with Gasteiger partial charge < -0.3 is 5.32 Å². The lowest BCUT2D eigenvalue weighted by atomic mass is 10.2. The monoisotopic (exact) mass is 265 g/mol. The Hall–Kier alpha value is -3.02. The van der Waals surface area contributed by atoms with Crippen molar-refractivity contribution < 1.29 is 4.79 Å². The third-order valence-corrected chi connectivity index (χ3v) is 2.71. The Balaban J connectivity index is 1.77. The van der Waals surface area contributed by atoms with Crippen LogP contribution in [0.25, 0.3) is 5.69 Å². The molecule has 98 valence electrons. The molecule has 3 aromatic rings. The summed E-state index contributed by atoms with van der Waals surface area (Å²) in [5, 5.41) is 6.98. The molecule has 0 saturated heterocycles. The van der Waals surface area contributed by atoms with E-state index in [-0.39, 0.29) is 5.91 Å². The molecular formula is C14H11N5O. The standard InChI is InChI=1S/C14H11N5O/c20-14(11-1-5-15-6-2-11)18-12-9-17-19(10-12)13-3-7-16-8-4-13/h1-10H,(H,18,20). The molecule has 1 amide bonds. The van der Waals surface area contributed by atoms with Gasteiger partial charge in [-0.25, -0.2) is 4.68 Å². The fraction of sp³-hybridized carbons (Fsp3) is 0. The largest absolute Gasteiger partial charge is 0.319 e. The second-order valence-corrected chi connectivity index (χ2v) is 4.07. The maximum Gasteiger partial charge on any atom is 0.255 e. The third-order valence-electron chi connectivity index (χ3n) is 2.71. The summed E-state index contributed by atoms with van der Waals surface area (Å²) in [6.45, 7) is 0. The highest BCUT2D eigenvalue weighted by atomic mass is 16.1. The van der Waals surface area contributed by atoms with Crippen molar-refractivity contribution >= 4 is 11.6 Å². The molecule has 0 unspecified atom stereocenters. The molecule has 0 radical (unpaired) electrons. The number of aromatic nitrogens is 4. The molecule has 3 aromatic heterocycles. The molecule has 0 aliphatic carbocycles.